The highest BCUT2D eigenvalue weighted by Gasteiger charge is 1.96. The number of rotatable bonds is 19. The molecular formula is C24H47N. The van der Waals surface area contributed by atoms with Crippen molar-refractivity contribution in [3.8, 4) is 0 Å². The number of allylic oxidation sites excluding steroid dienone is 2. The molecule has 0 N–H and O–H groups in total. The van der Waals surface area contributed by atoms with E-state index in [0.29, 0.717) is 0 Å². The molecule has 0 spiro atoms. The van der Waals surface area contributed by atoms with Crippen molar-refractivity contribution in [2.75, 3.05) is 6.54 Å². The van der Waals surface area contributed by atoms with E-state index in [4.69, 9.17) is 0 Å². The van der Waals surface area contributed by atoms with Gasteiger partial charge in [0, 0.05) is 6.54 Å². The molecule has 1 nitrogen and oxygen atoms in total. The average molecular weight is 350 g/mol. The molecule has 0 aromatic carbocycles. The molecule has 1 heteroatoms. The van der Waals surface area contributed by atoms with Crippen LogP contribution in [0.2, 0.25) is 0 Å². The van der Waals surface area contributed by atoms with Gasteiger partial charge in [0.25, 0.3) is 0 Å². The van der Waals surface area contributed by atoms with E-state index >= 15 is 0 Å². The van der Waals surface area contributed by atoms with Crippen LogP contribution in [0.5, 0.6) is 0 Å². The molecule has 0 fully saturated rings. The second kappa shape index (κ2) is 21.3. The SMILES string of the molecule is CCCCCCC=CN(C=CCCCCCC)CCCCCCCC. The Labute approximate surface area is 160 Å². The van der Waals surface area contributed by atoms with Gasteiger partial charge in [0.1, 0.15) is 0 Å². The van der Waals surface area contributed by atoms with Crippen molar-refractivity contribution in [2.45, 2.75) is 124 Å². The minimum atomic E-state index is 1.18. The molecule has 0 aliphatic carbocycles. The molecule has 0 unspecified atom stereocenters. The number of unbranched alkanes of at least 4 members (excludes halogenated alkanes) is 13. The van der Waals surface area contributed by atoms with E-state index in [-0.39, 0.29) is 0 Å². The molecule has 148 valence electrons. The van der Waals surface area contributed by atoms with Crippen LogP contribution in [0.3, 0.4) is 0 Å². The van der Waals surface area contributed by atoms with Crippen molar-refractivity contribution < 1.29 is 0 Å². The zero-order chi connectivity index (χ0) is 18.4. The summed E-state index contributed by atoms with van der Waals surface area (Å²) in [5.41, 5.74) is 0. The molecule has 0 aromatic heterocycles. The van der Waals surface area contributed by atoms with Crippen LogP contribution in [0, 0.1) is 0 Å². The maximum Gasteiger partial charge on any atom is 0.0219 e. The monoisotopic (exact) mass is 349 g/mol. The Morgan fingerprint density at radius 2 is 0.880 bits per heavy atom. The lowest BCUT2D eigenvalue weighted by Gasteiger charge is -2.15. The molecule has 0 rings (SSSR count). The van der Waals surface area contributed by atoms with Crippen LogP contribution >= 0.6 is 0 Å². The fraction of sp³-hybridized carbons (Fsp3) is 0.833. The maximum absolute atomic E-state index is 2.43. The molecule has 25 heavy (non-hydrogen) atoms. The lowest BCUT2D eigenvalue weighted by Crippen LogP contribution is -2.11. The first-order chi connectivity index (χ1) is 12.3. The van der Waals surface area contributed by atoms with Gasteiger partial charge in [-0.05, 0) is 44.5 Å². The van der Waals surface area contributed by atoms with Crippen LogP contribution in [-0.2, 0) is 0 Å². The van der Waals surface area contributed by atoms with Gasteiger partial charge < -0.3 is 4.90 Å². The van der Waals surface area contributed by atoms with Crippen LogP contribution in [-0.4, -0.2) is 11.4 Å². The first-order valence-corrected chi connectivity index (χ1v) is 11.4. The van der Waals surface area contributed by atoms with E-state index in [0.717, 1.165) is 0 Å². The van der Waals surface area contributed by atoms with Crippen LogP contribution in [0.25, 0.3) is 0 Å². The van der Waals surface area contributed by atoms with Gasteiger partial charge >= 0.3 is 0 Å². The maximum atomic E-state index is 2.43. The van der Waals surface area contributed by atoms with Crippen LogP contribution in [0.4, 0.5) is 0 Å². The Balaban J connectivity index is 4.02. The van der Waals surface area contributed by atoms with E-state index in [1.807, 2.05) is 0 Å². The van der Waals surface area contributed by atoms with Gasteiger partial charge in [-0.2, -0.15) is 0 Å². The minimum Gasteiger partial charge on any atom is -0.355 e. The topological polar surface area (TPSA) is 3.24 Å². The normalized spacial score (nSPS) is 11.8. The van der Waals surface area contributed by atoms with Crippen molar-refractivity contribution in [2.24, 2.45) is 0 Å². The van der Waals surface area contributed by atoms with Gasteiger partial charge in [-0.1, -0.05) is 104 Å². The zero-order valence-electron chi connectivity index (χ0n) is 17.8. The Hall–Kier alpha value is -0.720. The molecule has 0 saturated heterocycles. The van der Waals surface area contributed by atoms with Gasteiger partial charge in [-0.25, -0.2) is 0 Å². The minimum absolute atomic E-state index is 1.18. The molecule has 0 aromatic rings. The largest absolute Gasteiger partial charge is 0.355 e. The zero-order valence-corrected chi connectivity index (χ0v) is 17.8. The summed E-state index contributed by atoms with van der Waals surface area (Å²) >= 11 is 0. The van der Waals surface area contributed by atoms with E-state index in [2.05, 4.69) is 50.2 Å². The van der Waals surface area contributed by atoms with Gasteiger partial charge in [0.05, 0.1) is 0 Å². The summed E-state index contributed by atoms with van der Waals surface area (Å²) in [7, 11) is 0. The van der Waals surface area contributed by atoms with Gasteiger partial charge in [-0.15, -0.1) is 0 Å². The third-order valence-electron chi connectivity index (χ3n) is 4.81. The van der Waals surface area contributed by atoms with E-state index < -0.39 is 0 Å². The van der Waals surface area contributed by atoms with Crippen molar-refractivity contribution in [3.05, 3.63) is 24.6 Å². The Bertz CT molecular complexity index is 270. The van der Waals surface area contributed by atoms with E-state index in [1.54, 1.807) is 0 Å². The van der Waals surface area contributed by atoms with Crippen molar-refractivity contribution in [3.63, 3.8) is 0 Å². The molecule has 0 aliphatic rings. The lowest BCUT2D eigenvalue weighted by atomic mass is 10.1. The van der Waals surface area contributed by atoms with Gasteiger partial charge in [-0.3, -0.25) is 0 Å². The molecular weight excluding hydrogens is 302 g/mol. The third-order valence-corrected chi connectivity index (χ3v) is 4.81. The molecule has 0 atom stereocenters. The Morgan fingerprint density at radius 1 is 0.480 bits per heavy atom. The van der Waals surface area contributed by atoms with Crippen LogP contribution < -0.4 is 0 Å². The highest BCUT2D eigenvalue weighted by molar-refractivity contribution is 4.92. The first kappa shape index (κ1) is 24.3. The summed E-state index contributed by atoms with van der Waals surface area (Å²) < 4.78 is 0. The first-order valence-electron chi connectivity index (χ1n) is 11.4. The van der Waals surface area contributed by atoms with Crippen LogP contribution in [0.1, 0.15) is 124 Å². The van der Waals surface area contributed by atoms with E-state index in [1.165, 1.54) is 109 Å². The van der Waals surface area contributed by atoms with Crippen molar-refractivity contribution in [1.82, 2.24) is 4.90 Å². The highest BCUT2D eigenvalue weighted by atomic mass is 15.1. The molecule has 0 saturated carbocycles. The number of hydrogen-bond acceptors (Lipinski definition) is 1. The summed E-state index contributed by atoms with van der Waals surface area (Å²) in [6.07, 6.45) is 31.0. The summed E-state index contributed by atoms with van der Waals surface area (Å²) in [6.45, 7) is 8.04. The fourth-order valence-electron chi connectivity index (χ4n) is 3.07. The molecule has 0 radical (unpaired) electrons. The van der Waals surface area contributed by atoms with Gasteiger partial charge in [0.2, 0.25) is 0 Å². The molecule has 0 heterocycles. The predicted octanol–water partition coefficient (Wildman–Crippen LogP) is 8.62. The second-order valence-corrected chi connectivity index (χ2v) is 7.47. The van der Waals surface area contributed by atoms with Crippen molar-refractivity contribution in [1.29, 1.82) is 0 Å². The lowest BCUT2D eigenvalue weighted by molar-refractivity contribution is 0.463. The van der Waals surface area contributed by atoms with Gasteiger partial charge in [0.15, 0.2) is 0 Å². The molecule has 0 amide bonds. The molecule has 0 bridgehead atoms. The highest BCUT2D eigenvalue weighted by Crippen LogP contribution is 2.09. The fourth-order valence-corrected chi connectivity index (χ4v) is 3.07. The summed E-state index contributed by atoms with van der Waals surface area (Å²) in [5.74, 6) is 0. The summed E-state index contributed by atoms with van der Waals surface area (Å²) in [6, 6.07) is 0. The van der Waals surface area contributed by atoms with Crippen molar-refractivity contribution >= 4 is 0 Å². The van der Waals surface area contributed by atoms with E-state index in [9.17, 15) is 0 Å². The Morgan fingerprint density at radius 3 is 1.36 bits per heavy atom. The van der Waals surface area contributed by atoms with Crippen LogP contribution in [0.15, 0.2) is 24.6 Å². The average Bonchev–Trinajstić information content (AvgIpc) is 2.63. The standard InChI is InChI=1S/C24H47N/c1-4-7-10-13-16-19-22-25(23-20-17-14-11-8-5-2)24-21-18-15-12-9-6-3/h19-20,22-23H,4-18,21,24H2,1-3H3. The second-order valence-electron chi connectivity index (χ2n) is 7.47. The summed E-state index contributed by atoms with van der Waals surface area (Å²) in [5, 5.41) is 0. The number of nitrogens with zero attached hydrogens (tertiary/aromatic N) is 1. The summed E-state index contributed by atoms with van der Waals surface area (Å²) in [4.78, 5) is 2.43. The third kappa shape index (κ3) is 19.5. The molecule has 0 aliphatic heterocycles. The number of hydrogen-bond donors (Lipinski definition) is 0. The quantitative estimate of drug-likeness (QED) is 0.211. The Kier molecular flexibility index (Phi) is 20.7. The smallest absolute Gasteiger partial charge is 0.0219 e. The predicted molar refractivity (Wildman–Crippen MR) is 116 cm³/mol.